The molecule has 0 aliphatic rings. The van der Waals surface area contributed by atoms with Crippen LogP contribution in [0.15, 0.2) is 18.2 Å². The molecular formula is C13H13ClF2O3. The molecule has 0 aliphatic carbocycles. The van der Waals surface area contributed by atoms with Gasteiger partial charge in [-0.2, -0.15) is 0 Å². The van der Waals surface area contributed by atoms with E-state index in [4.69, 9.17) is 16.3 Å². The maximum atomic E-state index is 12.9. The Morgan fingerprint density at radius 3 is 2.47 bits per heavy atom. The van der Waals surface area contributed by atoms with Crippen LogP contribution >= 0.6 is 11.6 Å². The second-order valence-electron chi connectivity index (χ2n) is 3.84. The van der Waals surface area contributed by atoms with Crippen LogP contribution in [0.1, 0.15) is 47.1 Å². The molecule has 104 valence electrons. The lowest BCUT2D eigenvalue weighted by molar-refractivity contribution is -0.116. The average molecular weight is 291 g/mol. The van der Waals surface area contributed by atoms with E-state index in [0.717, 1.165) is 6.07 Å². The molecule has 0 fully saturated rings. The number of esters is 1. The molecule has 1 aromatic rings. The summed E-state index contributed by atoms with van der Waals surface area (Å²) in [5.41, 5.74) is -0.464. The molecule has 0 bridgehead atoms. The molecule has 0 saturated carbocycles. The lowest BCUT2D eigenvalue weighted by Crippen LogP contribution is -2.10. The SMILES string of the molecule is CCOC(=O)c1ccc(C(Cl)C(C)=O)cc1C(F)F. The third-order valence-electron chi connectivity index (χ3n) is 2.46. The van der Waals surface area contributed by atoms with Crippen LogP contribution in [0.25, 0.3) is 0 Å². The maximum absolute atomic E-state index is 12.9. The third-order valence-corrected chi connectivity index (χ3v) is 3.01. The maximum Gasteiger partial charge on any atom is 0.338 e. The number of halogens is 3. The molecular weight excluding hydrogens is 278 g/mol. The Hall–Kier alpha value is -1.49. The second kappa shape index (κ2) is 6.61. The first-order valence-corrected chi connectivity index (χ1v) is 6.05. The fraction of sp³-hybridized carbons (Fsp3) is 0.385. The highest BCUT2D eigenvalue weighted by Gasteiger charge is 2.22. The molecule has 3 nitrogen and oxygen atoms in total. The molecule has 1 aromatic carbocycles. The minimum Gasteiger partial charge on any atom is -0.462 e. The van der Waals surface area contributed by atoms with Crippen molar-refractivity contribution in [2.75, 3.05) is 6.61 Å². The third kappa shape index (κ3) is 3.73. The number of carbonyl (C=O) groups excluding carboxylic acids is 2. The number of hydrogen-bond acceptors (Lipinski definition) is 3. The van der Waals surface area contributed by atoms with Crippen molar-refractivity contribution < 1.29 is 23.1 Å². The van der Waals surface area contributed by atoms with Gasteiger partial charge >= 0.3 is 5.97 Å². The Labute approximate surface area is 114 Å². The lowest BCUT2D eigenvalue weighted by Gasteiger charge is -2.12. The van der Waals surface area contributed by atoms with Crippen molar-refractivity contribution in [1.29, 1.82) is 0 Å². The molecule has 19 heavy (non-hydrogen) atoms. The predicted molar refractivity (Wildman–Crippen MR) is 66.6 cm³/mol. The average Bonchev–Trinajstić information content (AvgIpc) is 2.37. The van der Waals surface area contributed by atoms with E-state index in [1.165, 1.54) is 19.1 Å². The normalized spacial score (nSPS) is 12.3. The molecule has 0 aromatic heterocycles. The number of ether oxygens (including phenoxy) is 1. The van der Waals surface area contributed by atoms with Gasteiger partial charge in [-0.3, -0.25) is 4.79 Å². The van der Waals surface area contributed by atoms with Crippen LogP contribution in [-0.4, -0.2) is 18.4 Å². The van der Waals surface area contributed by atoms with Gasteiger partial charge in [0.1, 0.15) is 5.38 Å². The Morgan fingerprint density at radius 1 is 1.37 bits per heavy atom. The van der Waals surface area contributed by atoms with E-state index in [2.05, 4.69) is 0 Å². The predicted octanol–water partition coefficient (Wildman–Crippen LogP) is 3.67. The van der Waals surface area contributed by atoms with Crippen molar-refractivity contribution in [3.63, 3.8) is 0 Å². The molecule has 6 heteroatoms. The first-order valence-electron chi connectivity index (χ1n) is 5.62. The van der Waals surface area contributed by atoms with Crippen LogP contribution in [0.2, 0.25) is 0 Å². The standard InChI is InChI=1S/C13H13ClF2O3/c1-3-19-13(18)9-5-4-8(11(14)7(2)17)6-10(9)12(15)16/h4-6,11-12H,3H2,1-2H3. The van der Waals surface area contributed by atoms with E-state index in [9.17, 15) is 18.4 Å². The number of hydrogen-bond donors (Lipinski definition) is 0. The van der Waals surface area contributed by atoms with Gasteiger partial charge in [0.05, 0.1) is 12.2 Å². The molecule has 0 spiro atoms. The first-order chi connectivity index (χ1) is 8.88. The van der Waals surface area contributed by atoms with Crippen LogP contribution in [0.4, 0.5) is 8.78 Å². The van der Waals surface area contributed by atoms with Crippen molar-refractivity contribution >= 4 is 23.4 Å². The van der Waals surface area contributed by atoms with E-state index in [-0.39, 0.29) is 23.5 Å². The molecule has 0 saturated heterocycles. The number of alkyl halides is 3. The van der Waals surface area contributed by atoms with Crippen LogP contribution < -0.4 is 0 Å². The smallest absolute Gasteiger partial charge is 0.338 e. The van der Waals surface area contributed by atoms with E-state index in [1.54, 1.807) is 6.92 Å². The number of ketones is 1. The molecule has 0 aliphatic heterocycles. The molecule has 0 radical (unpaired) electrons. The van der Waals surface area contributed by atoms with Crippen LogP contribution in [0.3, 0.4) is 0 Å². The zero-order chi connectivity index (χ0) is 14.6. The summed E-state index contributed by atoms with van der Waals surface area (Å²) in [7, 11) is 0. The summed E-state index contributed by atoms with van der Waals surface area (Å²) in [5.74, 6) is -1.18. The summed E-state index contributed by atoms with van der Waals surface area (Å²) in [4.78, 5) is 22.7. The van der Waals surface area contributed by atoms with E-state index >= 15 is 0 Å². The molecule has 0 heterocycles. The first kappa shape index (κ1) is 15.6. The van der Waals surface area contributed by atoms with Crippen LogP contribution in [-0.2, 0) is 9.53 Å². The zero-order valence-electron chi connectivity index (χ0n) is 10.5. The van der Waals surface area contributed by atoms with Crippen molar-refractivity contribution in [3.05, 3.63) is 34.9 Å². The van der Waals surface area contributed by atoms with Gasteiger partial charge < -0.3 is 4.74 Å². The number of Topliss-reactive ketones (excluding diaryl/α,β-unsaturated/α-hetero) is 1. The van der Waals surface area contributed by atoms with E-state index in [1.807, 2.05) is 0 Å². The second-order valence-corrected chi connectivity index (χ2v) is 4.28. The summed E-state index contributed by atoms with van der Waals surface area (Å²) >= 11 is 5.80. The molecule has 0 amide bonds. The fourth-order valence-electron chi connectivity index (χ4n) is 1.55. The number of rotatable bonds is 5. The van der Waals surface area contributed by atoms with Crippen molar-refractivity contribution in [2.45, 2.75) is 25.7 Å². The van der Waals surface area contributed by atoms with Gasteiger partial charge in [-0.05, 0) is 31.5 Å². The van der Waals surface area contributed by atoms with Crippen molar-refractivity contribution in [3.8, 4) is 0 Å². The Morgan fingerprint density at radius 2 is 2.00 bits per heavy atom. The number of benzene rings is 1. The summed E-state index contributed by atoms with van der Waals surface area (Å²) < 4.78 is 30.6. The van der Waals surface area contributed by atoms with Crippen LogP contribution in [0, 0.1) is 0 Å². The molecule has 0 N–H and O–H groups in total. The minimum atomic E-state index is -2.85. The highest BCUT2D eigenvalue weighted by atomic mass is 35.5. The molecule has 1 rings (SSSR count). The summed E-state index contributed by atoms with van der Waals surface area (Å²) in [6, 6.07) is 3.64. The Bertz CT molecular complexity index is 489. The van der Waals surface area contributed by atoms with Crippen molar-refractivity contribution in [1.82, 2.24) is 0 Å². The zero-order valence-corrected chi connectivity index (χ0v) is 11.2. The van der Waals surface area contributed by atoms with E-state index in [0.29, 0.717) is 0 Å². The molecule has 1 atom stereocenters. The topological polar surface area (TPSA) is 43.4 Å². The highest BCUT2D eigenvalue weighted by Crippen LogP contribution is 2.29. The fourth-order valence-corrected chi connectivity index (χ4v) is 1.68. The van der Waals surface area contributed by atoms with Crippen LogP contribution in [0.5, 0.6) is 0 Å². The van der Waals surface area contributed by atoms with Gasteiger partial charge in [0.2, 0.25) is 0 Å². The quantitative estimate of drug-likeness (QED) is 0.614. The van der Waals surface area contributed by atoms with Gasteiger partial charge in [0, 0.05) is 5.56 Å². The largest absolute Gasteiger partial charge is 0.462 e. The van der Waals surface area contributed by atoms with Gasteiger partial charge in [0.15, 0.2) is 5.78 Å². The summed E-state index contributed by atoms with van der Waals surface area (Å²) in [5, 5.41) is -1.01. The molecule has 1 unspecified atom stereocenters. The van der Waals surface area contributed by atoms with Gasteiger partial charge in [-0.1, -0.05) is 6.07 Å². The van der Waals surface area contributed by atoms with Gasteiger partial charge in [-0.25, -0.2) is 13.6 Å². The highest BCUT2D eigenvalue weighted by molar-refractivity contribution is 6.30. The van der Waals surface area contributed by atoms with Gasteiger partial charge in [0.25, 0.3) is 6.43 Å². The van der Waals surface area contributed by atoms with E-state index < -0.39 is 23.3 Å². The number of carbonyl (C=O) groups is 2. The summed E-state index contributed by atoms with van der Waals surface area (Å²) in [6.45, 7) is 2.94. The minimum absolute atomic E-state index is 0.0921. The lowest BCUT2D eigenvalue weighted by atomic mass is 10.0. The summed E-state index contributed by atoms with van der Waals surface area (Å²) in [6.07, 6.45) is -2.85. The Kier molecular flexibility index (Phi) is 5.42. The monoisotopic (exact) mass is 290 g/mol. The van der Waals surface area contributed by atoms with Gasteiger partial charge in [-0.15, -0.1) is 11.6 Å². The van der Waals surface area contributed by atoms with Crippen molar-refractivity contribution in [2.24, 2.45) is 0 Å². The Balaban J connectivity index is 3.22.